The molecule has 0 spiro atoms. The van der Waals surface area contributed by atoms with Gasteiger partial charge in [0.1, 0.15) is 5.75 Å². The standard InChI is InChI=1S/C23H27N3O4S2/c1-15-11-16(2)14-26(13-15)32(28,29)19-8-5-17(6-9-19)22(27)24-23-25(3)20-10-7-18(30-4)12-21(20)31-23/h5-10,12,15-16H,11,13-14H2,1-4H3/t15-,16-/m0/s1. The number of methoxy groups -OCH3 is 1. The number of ether oxygens (including phenoxy) is 1. The third-order valence-electron chi connectivity index (χ3n) is 5.79. The van der Waals surface area contributed by atoms with E-state index in [1.807, 2.05) is 29.8 Å². The molecule has 2 aromatic carbocycles. The summed E-state index contributed by atoms with van der Waals surface area (Å²) in [5, 5.41) is 0. The van der Waals surface area contributed by atoms with E-state index in [2.05, 4.69) is 18.8 Å². The minimum atomic E-state index is -3.58. The number of amides is 1. The molecule has 3 aromatic rings. The van der Waals surface area contributed by atoms with Gasteiger partial charge in [-0.1, -0.05) is 25.2 Å². The molecule has 1 fully saturated rings. The Morgan fingerprint density at radius 1 is 1.09 bits per heavy atom. The van der Waals surface area contributed by atoms with Crippen LogP contribution < -0.4 is 9.54 Å². The van der Waals surface area contributed by atoms with Crippen LogP contribution in [0.25, 0.3) is 10.2 Å². The number of aryl methyl sites for hydroxylation is 1. The lowest BCUT2D eigenvalue weighted by Gasteiger charge is -2.34. The van der Waals surface area contributed by atoms with Gasteiger partial charge in [0, 0.05) is 25.7 Å². The van der Waals surface area contributed by atoms with E-state index in [1.165, 1.54) is 35.6 Å². The van der Waals surface area contributed by atoms with Gasteiger partial charge in [0.25, 0.3) is 5.91 Å². The van der Waals surface area contributed by atoms with Crippen LogP contribution in [0.1, 0.15) is 30.6 Å². The maximum Gasteiger partial charge on any atom is 0.279 e. The average Bonchev–Trinajstić information content (AvgIpc) is 3.07. The fraction of sp³-hybridized carbons (Fsp3) is 0.391. The van der Waals surface area contributed by atoms with Gasteiger partial charge in [0.2, 0.25) is 10.0 Å². The molecule has 1 amide bonds. The van der Waals surface area contributed by atoms with Crippen LogP contribution in [0.5, 0.6) is 5.75 Å². The molecule has 0 radical (unpaired) electrons. The summed E-state index contributed by atoms with van der Waals surface area (Å²) in [6.45, 7) is 5.20. The van der Waals surface area contributed by atoms with Crippen LogP contribution >= 0.6 is 11.3 Å². The maximum absolute atomic E-state index is 13.1. The number of sulfonamides is 1. The summed E-state index contributed by atoms with van der Waals surface area (Å²) < 4.78 is 35.7. The van der Waals surface area contributed by atoms with Gasteiger partial charge in [-0.15, -0.1) is 0 Å². The third-order valence-corrected chi connectivity index (χ3v) is 8.73. The van der Waals surface area contributed by atoms with Gasteiger partial charge in [-0.05, 0) is 60.7 Å². The van der Waals surface area contributed by atoms with Crippen molar-refractivity contribution in [3.05, 3.63) is 52.8 Å². The number of carbonyl (C=O) groups is 1. The van der Waals surface area contributed by atoms with Gasteiger partial charge in [0.05, 0.1) is 22.2 Å². The van der Waals surface area contributed by atoms with E-state index in [0.717, 1.165) is 22.4 Å². The van der Waals surface area contributed by atoms with Crippen LogP contribution in [-0.2, 0) is 17.1 Å². The highest BCUT2D eigenvalue weighted by Crippen LogP contribution is 2.27. The Morgan fingerprint density at radius 3 is 2.38 bits per heavy atom. The van der Waals surface area contributed by atoms with Crippen LogP contribution in [0.4, 0.5) is 0 Å². The highest BCUT2D eigenvalue weighted by molar-refractivity contribution is 7.89. The van der Waals surface area contributed by atoms with E-state index in [0.29, 0.717) is 35.3 Å². The number of fused-ring (bicyclic) bond motifs is 1. The SMILES string of the molecule is COc1ccc2c(c1)sc(=NC(=O)c1ccc(S(=O)(=O)N3C[C@@H](C)C[C@H](C)C3)cc1)n2C. The molecular formula is C23H27N3O4S2. The summed E-state index contributed by atoms with van der Waals surface area (Å²) >= 11 is 1.40. The fourth-order valence-corrected chi connectivity index (χ4v) is 6.94. The Kier molecular flexibility index (Phi) is 6.24. The van der Waals surface area contributed by atoms with Crippen molar-refractivity contribution in [3.8, 4) is 5.75 Å². The van der Waals surface area contributed by atoms with Crippen molar-refractivity contribution in [1.29, 1.82) is 0 Å². The fourth-order valence-electron chi connectivity index (χ4n) is 4.22. The van der Waals surface area contributed by atoms with Crippen LogP contribution in [0, 0.1) is 11.8 Å². The molecule has 2 atom stereocenters. The van der Waals surface area contributed by atoms with Crippen molar-refractivity contribution in [2.75, 3.05) is 20.2 Å². The summed E-state index contributed by atoms with van der Waals surface area (Å²) in [5.41, 5.74) is 1.30. The first-order valence-electron chi connectivity index (χ1n) is 10.5. The van der Waals surface area contributed by atoms with E-state index >= 15 is 0 Å². The highest BCUT2D eigenvalue weighted by atomic mass is 32.2. The Bertz CT molecular complexity index is 1310. The molecule has 1 aliphatic heterocycles. The smallest absolute Gasteiger partial charge is 0.279 e. The van der Waals surface area contributed by atoms with Crippen molar-refractivity contribution < 1.29 is 17.9 Å². The molecule has 0 unspecified atom stereocenters. The highest BCUT2D eigenvalue weighted by Gasteiger charge is 2.31. The summed E-state index contributed by atoms with van der Waals surface area (Å²) in [5.74, 6) is 0.986. The van der Waals surface area contributed by atoms with E-state index in [4.69, 9.17) is 4.74 Å². The molecule has 1 saturated heterocycles. The number of hydrogen-bond acceptors (Lipinski definition) is 5. The van der Waals surface area contributed by atoms with Crippen molar-refractivity contribution in [1.82, 2.24) is 8.87 Å². The summed E-state index contributed by atoms with van der Waals surface area (Å²) in [6.07, 6.45) is 1.03. The van der Waals surface area contributed by atoms with E-state index in [9.17, 15) is 13.2 Å². The predicted octanol–water partition coefficient (Wildman–Crippen LogP) is 3.66. The second-order valence-corrected chi connectivity index (χ2v) is 11.4. The van der Waals surface area contributed by atoms with Crippen LogP contribution in [-0.4, -0.2) is 43.4 Å². The lowest BCUT2D eigenvalue weighted by Crippen LogP contribution is -2.42. The maximum atomic E-state index is 13.1. The summed E-state index contributed by atoms with van der Waals surface area (Å²) in [6, 6.07) is 11.8. The minimum Gasteiger partial charge on any atom is -0.497 e. The molecule has 170 valence electrons. The number of nitrogens with zero attached hydrogens (tertiary/aromatic N) is 3. The molecule has 1 aromatic heterocycles. The molecule has 32 heavy (non-hydrogen) atoms. The van der Waals surface area contributed by atoms with Crippen molar-refractivity contribution in [2.45, 2.75) is 25.2 Å². The predicted molar refractivity (Wildman–Crippen MR) is 125 cm³/mol. The van der Waals surface area contributed by atoms with Crippen molar-refractivity contribution in [3.63, 3.8) is 0 Å². The van der Waals surface area contributed by atoms with Crippen LogP contribution in [0.2, 0.25) is 0 Å². The molecule has 1 aliphatic rings. The zero-order chi connectivity index (χ0) is 23.0. The first-order valence-corrected chi connectivity index (χ1v) is 12.8. The molecule has 0 saturated carbocycles. The summed E-state index contributed by atoms with van der Waals surface area (Å²) in [7, 11) is -0.117. The monoisotopic (exact) mass is 473 g/mol. The largest absolute Gasteiger partial charge is 0.497 e. The number of carbonyl (C=O) groups excluding carboxylic acids is 1. The lowest BCUT2D eigenvalue weighted by molar-refractivity contribution is 0.0998. The van der Waals surface area contributed by atoms with Gasteiger partial charge >= 0.3 is 0 Å². The molecule has 0 N–H and O–H groups in total. The minimum absolute atomic E-state index is 0.204. The Morgan fingerprint density at radius 2 is 1.75 bits per heavy atom. The number of piperidine rings is 1. The van der Waals surface area contributed by atoms with Crippen LogP contribution in [0.15, 0.2) is 52.4 Å². The Hall–Kier alpha value is -2.49. The number of hydrogen-bond donors (Lipinski definition) is 0. The van der Waals surface area contributed by atoms with Crippen LogP contribution in [0.3, 0.4) is 0 Å². The van der Waals surface area contributed by atoms with Crippen molar-refractivity contribution in [2.24, 2.45) is 23.9 Å². The molecular weight excluding hydrogens is 446 g/mol. The molecule has 0 aliphatic carbocycles. The third kappa shape index (κ3) is 4.37. The topological polar surface area (TPSA) is 81.0 Å². The van der Waals surface area contributed by atoms with Gasteiger partial charge in [-0.2, -0.15) is 9.30 Å². The molecule has 0 bridgehead atoms. The lowest BCUT2D eigenvalue weighted by atomic mass is 9.94. The Labute approximate surface area is 192 Å². The normalized spacial score (nSPS) is 20.6. The second kappa shape index (κ2) is 8.80. The van der Waals surface area contributed by atoms with Gasteiger partial charge < -0.3 is 9.30 Å². The first-order chi connectivity index (χ1) is 15.2. The quantitative estimate of drug-likeness (QED) is 0.579. The summed E-state index contributed by atoms with van der Waals surface area (Å²) in [4.78, 5) is 17.8. The molecule has 4 rings (SSSR count). The molecule has 2 heterocycles. The van der Waals surface area contributed by atoms with Gasteiger partial charge in [-0.25, -0.2) is 8.42 Å². The van der Waals surface area contributed by atoms with Crippen molar-refractivity contribution >= 4 is 37.5 Å². The molecule has 9 heteroatoms. The van der Waals surface area contributed by atoms with E-state index in [-0.39, 0.29) is 4.90 Å². The number of rotatable bonds is 4. The number of thiazole rings is 1. The van der Waals surface area contributed by atoms with Gasteiger partial charge in [0.15, 0.2) is 4.80 Å². The van der Waals surface area contributed by atoms with E-state index in [1.54, 1.807) is 11.4 Å². The Balaban J connectivity index is 1.60. The zero-order valence-corrected chi connectivity index (χ0v) is 20.2. The average molecular weight is 474 g/mol. The van der Waals surface area contributed by atoms with E-state index < -0.39 is 15.9 Å². The first kappa shape index (κ1) is 22.7. The molecule has 7 nitrogen and oxygen atoms in total. The number of aromatic nitrogens is 1. The van der Waals surface area contributed by atoms with Gasteiger partial charge in [-0.3, -0.25) is 4.79 Å². The zero-order valence-electron chi connectivity index (χ0n) is 18.6. The number of benzene rings is 2. The second-order valence-electron chi connectivity index (χ2n) is 8.49.